The molecule has 0 saturated carbocycles. The number of aryl methyl sites for hydroxylation is 1. The zero-order chi connectivity index (χ0) is 22.3. The molecule has 4 rings (SSSR count). The van der Waals surface area contributed by atoms with Gasteiger partial charge in [0.25, 0.3) is 5.91 Å². The summed E-state index contributed by atoms with van der Waals surface area (Å²) < 4.78 is 20.2. The molecule has 1 aliphatic heterocycles. The first-order chi connectivity index (χ1) is 15.6. The van der Waals surface area contributed by atoms with Gasteiger partial charge in [-0.15, -0.1) is 5.10 Å². The van der Waals surface area contributed by atoms with E-state index in [4.69, 9.17) is 4.74 Å². The van der Waals surface area contributed by atoms with Gasteiger partial charge >= 0.3 is 0 Å². The summed E-state index contributed by atoms with van der Waals surface area (Å²) in [5.41, 5.74) is 2.60. The fraction of sp³-hybridized carbons (Fsp3) is 0.304. The van der Waals surface area contributed by atoms with Crippen LogP contribution in [0.1, 0.15) is 23.4 Å². The van der Waals surface area contributed by atoms with E-state index in [2.05, 4.69) is 15.6 Å². The summed E-state index contributed by atoms with van der Waals surface area (Å²) in [6.07, 6.45) is 0.740. The van der Waals surface area contributed by atoms with Crippen LogP contribution in [0.2, 0.25) is 0 Å². The van der Waals surface area contributed by atoms with Gasteiger partial charge in [0.1, 0.15) is 11.6 Å². The Kier molecular flexibility index (Phi) is 6.74. The first-order valence-corrected chi connectivity index (χ1v) is 10.5. The number of amides is 2. The fourth-order valence-corrected chi connectivity index (χ4v) is 3.49. The highest BCUT2D eigenvalue weighted by Crippen LogP contribution is 2.17. The van der Waals surface area contributed by atoms with Gasteiger partial charge in [-0.25, -0.2) is 9.07 Å². The number of halogens is 1. The van der Waals surface area contributed by atoms with E-state index in [1.165, 1.54) is 24.3 Å². The highest BCUT2D eigenvalue weighted by Gasteiger charge is 2.25. The number of nitrogens with one attached hydrogen (secondary N) is 1. The molecule has 1 aromatic heterocycles. The maximum Gasteiger partial charge on any atom is 0.260 e. The van der Waals surface area contributed by atoms with Crippen molar-refractivity contribution < 1.29 is 18.7 Å². The van der Waals surface area contributed by atoms with Crippen molar-refractivity contribution in [3.8, 4) is 5.75 Å². The number of nitrogens with zero attached hydrogens (tertiary/aromatic N) is 4. The minimum atomic E-state index is -0.359. The van der Waals surface area contributed by atoms with Crippen LogP contribution in [-0.4, -0.2) is 44.9 Å². The average Bonchev–Trinajstić information content (AvgIpc) is 3.23. The van der Waals surface area contributed by atoms with Crippen molar-refractivity contribution in [2.24, 2.45) is 0 Å². The second kappa shape index (κ2) is 10.0. The van der Waals surface area contributed by atoms with E-state index in [0.29, 0.717) is 44.8 Å². The van der Waals surface area contributed by atoms with Gasteiger partial charge in [0.05, 0.1) is 24.5 Å². The van der Waals surface area contributed by atoms with Crippen LogP contribution in [0.5, 0.6) is 5.75 Å². The minimum absolute atomic E-state index is 0.0629. The zero-order valence-electron chi connectivity index (χ0n) is 17.5. The third-order valence-corrected chi connectivity index (χ3v) is 5.29. The number of carbonyl (C=O) groups is 2. The van der Waals surface area contributed by atoms with Crippen LogP contribution in [0.3, 0.4) is 0 Å². The molecule has 0 atom stereocenters. The quantitative estimate of drug-likeness (QED) is 0.583. The van der Waals surface area contributed by atoms with Crippen LogP contribution < -0.4 is 10.1 Å². The van der Waals surface area contributed by atoms with Gasteiger partial charge in [0, 0.05) is 25.9 Å². The van der Waals surface area contributed by atoms with Crippen LogP contribution in [0, 0.1) is 5.82 Å². The Hall–Kier alpha value is -3.75. The molecule has 2 aromatic carbocycles. The third-order valence-electron chi connectivity index (χ3n) is 5.29. The number of hydrogen-bond acceptors (Lipinski definition) is 5. The predicted octanol–water partition coefficient (Wildman–Crippen LogP) is 2.09. The van der Waals surface area contributed by atoms with Gasteiger partial charge in [-0.05, 0) is 29.8 Å². The molecule has 3 aromatic rings. The lowest BCUT2D eigenvalue weighted by atomic mass is 10.1. The molecule has 0 bridgehead atoms. The van der Waals surface area contributed by atoms with Crippen LogP contribution in [0.4, 0.5) is 4.39 Å². The average molecular weight is 437 g/mol. The Bertz CT molecular complexity index is 1070. The van der Waals surface area contributed by atoms with Crippen molar-refractivity contribution >= 4 is 11.8 Å². The first-order valence-electron chi connectivity index (χ1n) is 10.5. The predicted molar refractivity (Wildman–Crippen MR) is 114 cm³/mol. The van der Waals surface area contributed by atoms with Gasteiger partial charge in [0.2, 0.25) is 5.91 Å². The van der Waals surface area contributed by atoms with Crippen molar-refractivity contribution in [2.45, 2.75) is 32.5 Å². The highest BCUT2D eigenvalue weighted by molar-refractivity contribution is 5.78. The second-order valence-electron chi connectivity index (χ2n) is 7.53. The van der Waals surface area contributed by atoms with Crippen LogP contribution in [-0.2, 0) is 35.6 Å². The van der Waals surface area contributed by atoms with Crippen molar-refractivity contribution in [2.75, 3.05) is 13.2 Å². The lowest BCUT2D eigenvalue weighted by molar-refractivity contribution is -0.135. The van der Waals surface area contributed by atoms with Gasteiger partial charge < -0.3 is 15.0 Å². The molecule has 0 spiro atoms. The Balaban J connectivity index is 1.27. The molecule has 2 amide bonds. The number of hydrogen-bond donors (Lipinski definition) is 1. The number of rotatable bonds is 8. The second-order valence-corrected chi connectivity index (χ2v) is 7.53. The SMILES string of the molecule is O=C(CCc1nnn2c1CN(C(=O)COc1ccc(F)cc1)CC2)NCc1ccccc1. The summed E-state index contributed by atoms with van der Waals surface area (Å²) in [5, 5.41) is 11.3. The molecule has 2 heterocycles. The fourth-order valence-electron chi connectivity index (χ4n) is 3.49. The monoisotopic (exact) mass is 437 g/mol. The summed E-state index contributed by atoms with van der Waals surface area (Å²) >= 11 is 0. The maximum atomic E-state index is 13.0. The number of carbonyl (C=O) groups excluding carboxylic acids is 2. The number of aromatic nitrogens is 3. The van der Waals surface area contributed by atoms with E-state index < -0.39 is 0 Å². The molecule has 0 saturated heterocycles. The van der Waals surface area contributed by atoms with Crippen molar-refractivity contribution in [1.29, 1.82) is 0 Å². The summed E-state index contributed by atoms with van der Waals surface area (Å²) in [6.45, 7) is 1.74. The van der Waals surface area contributed by atoms with E-state index in [9.17, 15) is 14.0 Å². The van der Waals surface area contributed by atoms with Crippen LogP contribution >= 0.6 is 0 Å². The Morgan fingerprint density at radius 2 is 1.84 bits per heavy atom. The number of benzene rings is 2. The molecular formula is C23H24FN5O3. The first kappa shape index (κ1) is 21.5. The lowest BCUT2D eigenvalue weighted by Gasteiger charge is -2.27. The molecule has 0 aliphatic carbocycles. The zero-order valence-corrected chi connectivity index (χ0v) is 17.5. The van der Waals surface area contributed by atoms with Gasteiger partial charge in [-0.2, -0.15) is 0 Å². The van der Waals surface area contributed by atoms with Crippen molar-refractivity contribution in [3.63, 3.8) is 0 Å². The van der Waals surface area contributed by atoms with E-state index in [1.54, 1.807) is 9.58 Å². The molecule has 0 radical (unpaired) electrons. The maximum absolute atomic E-state index is 13.0. The lowest BCUT2D eigenvalue weighted by Crippen LogP contribution is -2.41. The Labute approximate surface area is 185 Å². The molecule has 9 heteroatoms. The van der Waals surface area contributed by atoms with Gasteiger partial charge in [0.15, 0.2) is 6.61 Å². The summed E-state index contributed by atoms with van der Waals surface area (Å²) in [7, 11) is 0. The highest BCUT2D eigenvalue weighted by atomic mass is 19.1. The largest absolute Gasteiger partial charge is 0.484 e. The molecule has 1 aliphatic rings. The molecule has 32 heavy (non-hydrogen) atoms. The van der Waals surface area contributed by atoms with Crippen molar-refractivity contribution in [3.05, 3.63) is 77.4 Å². The molecular weight excluding hydrogens is 413 g/mol. The van der Waals surface area contributed by atoms with E-state index in [0.717, 1.165) is 17.0 Å². The molecule has 8 nitrogen and oxygen atoms in total. The topological polar surface area (TPSA) is 89.4 Å². The smallest absolute Gasteiger partial charge is 0.260 e. The van der Waals surface area contributed by atoms with Gasteiger partial charge in [-0.1, -0.05) is 35.5 Å². The Morgan fingerprint density at radius 1 is 1.06 bits per heavy atom. The van der Waals surface area contributed by atoms with Crippen LogP contribution in [0.25, 0.3) is 0 Å². The number of ether oxygens (including phenoxy) is 1. The molecule has 166 valence electrons. The minimum Gasteiger partial charge on any atom is -0.484 e. The van der Waals surface area contributed by atoms with E-state index >= 15 is 0 Å². The molecule has 0 fully saturated rings. The molecule has 1 N–H and O–H groups in total. The van der Waals surface area contributed by atoms with Crippen LogP contribution in [0.15, 0.2) is 54.6 Å². The summed E-state index contributed by atoms with van der Waals surface area (Å²) in [5.74, 6) is -0.159. The summed E-state index contributed by atoms with van der Waals surface area (Å²) in [6, 6.07) is 15.3. The number of fused-ring (bicyclic) bond motifs is 1. The Morgan fingerprint density at radius 3 is 2.62 bits per heavy atom. The normalized spacial score (nSPS) is 12.8. The van der Waals surface area contributed by atoms with Crippen molar-refractivity contribution in [1.82, 2.24) is 25.2 Å². The van der Waals surface area contributed by atoms with Gasteiger partial charge in [-0.3, -0.25) is 9.59 Å². The molecule has 0 unspecified atom stereocenters. The van der Waals surface area contributed by atoms with E-state index in [-0.39, 0.29) is 24.2 Å². The standard InChI is InChI=1S/C23H24FN5O3/c24-18-6-8-19(9-7-18)32-16-23(31)28-12-13-29-21(15-28)20(26-27-29)10-11-22(30)25-14-17-4-2-1-3-5-17/h1-9H,10-16H2,(H,25,30). The summed E-state index contributed by atoms with van der Waals surface area (Å²) in [4.78, 5) is 26.5. The van der Waals surface area contributed by atoms with E-state index in [1.807, 2.05) is 30.3 Å². The third kappa shape index (κ3) is 5.48.